The van der Waals surface area contributed by atoms with E-state index in [-0.39, 0.29) is 28.6 Å². The fraction of sp³-hybridized carbons (Fsp3) is 0.667. The highest BCUT2D eigenvalue weighted by molar-refractivity contribution is 5.93. The predicted molar refractivity (Wildman–Crippen MR) is 104 cm³/mol. The molecule has 0 rings (SSSR count). The number of nitrogens with one attached hydrogen (secondary N) is 4. The topological polar surface area (TPSA) is 82.3 Å². The molecule has 6 nitrogen and oxygen atoms in total. The highest BCUT2D eigenvalue weighted by Crippen LogP contribution is 1.92. The first kappa shape index (κ1) is 31.6. The number of hydrogen-bond acceptors (Lipinski definition) is 4. The van der Waals surface area contributed by atoms with Crippen LogP contribution in [0.4, 0.5) is 9.41 Å². The van der Waals surface area contributed by atoms with Crippen LogP contribution >= 0.6 is 0 Å². The van der Waals surface area contributed by atoms with Gasteiger partial charge in [0.2, 0.25) is 0 Å². The molecule has 0 aromatic carbocycles. The molecule has 0 aliphatic rings. The summed E-state index contributed by atoms with van der Waals surface area (Å²) in [6.45, 7) is 4.96. The van der Waals surface area contributed by atoms with Gasteiger partial charge in [-0.1, -0.05) is 13.8 Å². The third-order valence-corrected chi connectivity index (χ3v) is 3.10. The Kier molecular flexibility index (Phi) is 30.5. The van der Waals surface area contributed by atoms with Crippen LogP contribution in [0.5, 0.6) is 0 Å². The van der Waals surface area contributed by atoms with Gasteiger partial charge in [-0.2, -0.15) is 0 Å². The van der Waals surface area contributed by atoms with Crippen LogP contribution in [0, 0.1) is 24.7 Å². The lowest BCUT2D eigenvalue weighted by molar-refractivity contribution is -0.116. The highest BCUT2D eigenvalue weighted by Gasteiger charge is 1.95. The van der Waals surface area contributed by atoms with Gasteiger partial charge in [-0.15, -0.1) is 12.8 Å². The molecule has 0 aromatic rings. The molecule has 26 heavy (non-hydrogen) atoms. The van der Waals surface area contributed by atoms with Crippen molar-refractivity contribution in [2.24, 2.45) is 0 Å². The van der Waals surface area contributed by atoms with E-state index in [0.717, 1.165) is 51.9 Å². The number of carbonyl (C=O) groups excluding carboxylic acids is 2. The van der Waals surface area contributed by atoms with Crippen LogP contribution < -0.4 is 21.3 Å². The first-order chi connectivity index (χ1) is 11.2. The monoisotopic (exact) mass is 376 g/mol. The summed E-state index contributed by atoms with van der Waals surface area (Å²) in [5.74, 6) is 3.33. The van der Waals surface area contributed by atoms with Crippen molar-refractivity contribution in [1.29, 1.82) is 0 Å². The molecule has 0 radical (unpaired) electrons. The van der Waals surface area contributed by atoms with Gasteiger partial charge < -0.3 is 21.3 Å². The average Bonchev–Trinajstić information content (AvgIpc) is 2.57. The van der Waals surface area contributed by atoms with Gasteiger partial charge in [0.1, 0.15) is 0 Å². The van der Waals surface area contributed by atoms with Crippen LogP contribution in [0.1, 0.15) is 39.5 Å². The molecule has 0 saturated carbocycles. The number of halogens is 2. The van der Waals surface area contributed by atoms with Crippen molar-refractivity contribution in [3.8, 4) is 24.7 Å². The molecule has 0 aliphatic carbocycles. The molecule has 8 heteroatoms. The zero-order valence-electron chi connectivity index (χ0n) is 14.6. The molecule has 0 fully saturated rings. The Balaban J connectivity index is -0.000000807. The molecule has 0 atom stereocenters. The Bertz CT molecular complexity index is 382. The van der Waals surface area contributed by atoms with Crippen molar-refractivity contribution < 1.29 is 19.0 Å². The van der Waals surface area contributed by atoms with Gasteiger partial charge in [-0.05, 0) is 63.7 Å². The van der Waals surface area contributed by atoms with Crippen molar-refractivity contribution in [2.75, 3.05) is 39.3 Å². The Morgan fingerprint density at radius 2 is 0.962 bits per heavy atom. The van der Waals surface area contributed by atoms with Crippen LogP contribution in [0.2, 0.25) is 0 Å². The zero-order chi connectivity index (χ0) is 17.2. The summed E-state index contributed by atoms with van der Waals surface area (Å²) in [5, 5.41) is 11.9. The zero-order valence-corrected chi connectivity index (χ0v) is 14.6. The van der Waals surface area contributed by atoms with Gasteiger partial charge in [-0.3, -0.25) is 19.0 Å². The van der Waals surface area contributed by atoms with Gasteiger partial charge >= 0.3 is 0 Å². The van der Waals surface area contributed by atoms with Crippen molar-refractivity contribution in [2.45, 2.75) is 39.5 Å². The molecule has 0 bridgehead atoms. The van der Waals surface area contributed by atoms with Gasteiger partial charge in [-0.25, -0.2) is 0 Å². The van der Waals surface area contributed by atoms with Crippen molar-refractivity contribution in [3.63, 3.8) is 0 Å². The molecule has 0 heterocycles. The Morgan fingerprint density at radius 1 is 0.615 bits per heavy atom. The summed E-state index contributed by atoms with van der Waals surface area (Å²) in [7, 11) is 0. The summed E-state index contributed by atoms with van der Waals surface area (Å²) < 4.78 is 0. The van der Waals surface area contributed by atoms with E-state index >= 15 is 0 Å². The minimum Gasteiger partial charge on any atom is -0.345 e. The van der Waals surface area contributed by atoms with E-state index < -0.39 is 0 Å². The van der Waals surface area contributed by atoms with Gasteiger partial charge in [0, 0.05) is 13.1 Å². The van der Waals surface area contributed by atoms with E-state index in [4.69, 9.17) is 12.8 Å². The average molecular weight is 376 g/mol. The van der Waals surface area contributed by atoms with Crippen LogP contribution in [0.15, 0.2) is 0 Å². The molecular weight excluding hydrogens is 342 g/mol. The summed E-state index contributed by atoms with van der Waals surface area (Å²) >= 11 is 0. The van der Waals surface area contributed by atoms with E-state index in [1.54, 1.807) is 0 Å². The van der Waals surface area contributed by atoms with E-state index in [9.17, 15) is 9.59 Å². The number of terminal acetylenes is 2. The molecule has 0 aliphatic heterocycles. The summed E-state index contributed by atoms with van der Waals surface area (Å²) in [5.41, 5.74) is 0. The number of hydrogen-bond donors (Lipinski definition) is 4. The third-order valence-electron chi connectivity index (χ3n) is 3.10. The van der Waals surface area contributed by atoms with Crippen molar-refractivity contribution in [3.05, 3.63) is 0 Å². The maximum atomic E-state index is 10.8. The van der Waals surface area contributed by atoms with Crippen LogP contribution in [0.25, 0.3) is 0 Å². The first-order valence-electron chi connectivity index (χ1n) is 8.11. The highest BCUT2D eigenvalue weighted by atomic mass is 19.0. The Labute approximate surface area is 156 Å². The summed E-state index contributed by atoms with van der Waals surface area (Å²) in [4.78, 5) is 21.5. The van der Waals surface area contributed by atoms with E-state index in [0.29, 0.717) is 13.1 Å². The number of rotatable bonds is 14. The molecular formula is C18H34F2N4O2. The third kappa shape index (κ3) is 24.1. The number of unbranched alkanes of at least 4 members (excludes halogenated alkanes) is 2. The standard InChI is InChI=1S/C17H28N4O2.CH4.2FH/c1-3-16(22)20-14-8-12-18-10-6-5-7-11-19-13-9-15-21-17(23)4-2;;;/h1-2,18-19H,5-15H2,(H,20,22)(H,21,23);1H4;2*1H. The van der Waals surface area contributed by atoms with E-state index in [1.165, 1.54) is 6.42 Å². The summed E-state index contributed by atoms with van der Waals surface area (Å²) in [6.07, 6.45) is 15.1. The second kappa shape index (κ2) is 25.1. The molecule has 2 amide bonds. The predicted octanol–water partition coefficient (Wildman–Crippen LogP) is 0.556. The first-order valence-corrected chi connectivity index (χ1v) is 8.11. The lowest BCUT2D eigenvalue weighted by Crippen LogP contribution is -2.27. The lowest BCUT2D eigenvalue weighted by atomic mass is 10.2. The molecule has 0 aromatic heterocycles. The second-order valence-electron chi connectivity index (χ2n) is 5.07. The maximum absolute atomic E-state index is 10.8. The van der Waals surface area contributed by atoms with Crippen LogP contribution in [-0.2, 0) is 9.59 Å². The van der Waals surface area contributed by atoms with Gasteiger partial charge in [0.05, 0.1) is 0 Å². The largest absolute Gasteiger partial charge is 0.345 e. The lowest BCUT2D eigenvalue weighted by Gasteiger charge is -2.06. The fourth-order valence-electron chi connectivity index (χ4n) is 1.86. The second-order valence-corrected chi connectivity index (χ2v) is 5.07. The molecule has 0 spiro atoms. The van der Waals surface area contributed by atoms with Crippen molar-refractivity contribution in [1.82, 2.24) is 21.3 Å². The minimum absolute atomic E-state index is 0. The quantitative estimate of drug-likeness (QED) is 0.264. The Morgan fingerprint density at radius 3 is 1.31 bits per heavy atom. The minimum atomic E-state index is -0.351. The molecule has 4 N–H and O–H groups in total. The number of amides is 2. The van der Waals surface area contributed by atoms with Gasteiger partial charge in [0.25, 0.3) is 11.8 Å². The smallest absolute Gasteiger partial charge is 0.295 e. The molecule has 152 valence electrons. The summed E-state index contributed by atoms with van der Waals surface area (Å²) in [6, 6.07) is 0. The normalized spacial score (nSPS) is 8.54. The van der Waals surface area contributed by atoms with E-state index in [1.807, 2.05) is 11.8 Å². The van der Waals surface area contributed by atoms with Gasteiger partial charge in [0.15, 0.2) is 0 Å². The SMILES string of the molecule is C.C#CC(=O)NCCCNCCCCCNCCCNC(=O)C#C.F.F. The van der Waals surface area contributed by atoms with Crippen LogP contribution in [0.3, 0.4) is 0 Å². The fourth-order valence-corrected chi connectivity index (χ4v) is 1.86. The maximum Gasteiger partial charge on any atom is 0.295 e. The van der Waals surface area contributed by atoms with E-state index in [2.05, 4.69) is 21.3 Å². The van der Waals surface area contributed by atoms with Crippen molar-refractivity contribution >= 4 is 11.8 Å². The number of carbonyl (C=O) groups is 2. The molecule has 0 saturated heterocycles. The molecule has 0 unspecified atom stereocenters. The van der Waals surface area contributed by atoms with Crippen LogP contribution in [-0.4, -0.2) is 51.1 Å². The Hall–Kier alpha value is -2.16.